The van der Waals surface area contributed by atoms with E-state index in [1.54, 1.807) is 18.2 Å². The van der Waals surface area contributed by atoms with Gasteiger partial charge in [0.15, 0.2) is 11.5 Å². The van der Waals surface area contributed by atoms with Crippen molar-refractivity contribution in [2.45, 2.75) is 6.92 Å². The molecule has 2 aromatic carbocycles. The third-order valence-electron chi connectivity index (χ3n) is 3.57. The number of carbonyl (C=O) groups is 1. The lowest BCUT2D eigenvalue weighted by atomic mass is 10.2. The number of nitriles is 1. The minimum atomic E-state index is -0.526. The molecule has 0 aliphatic heterocycles. The summed E-state index contributed by atoms with van der Waals surface area (Å²) in [7, 11) is 3.04. The molecule has 0 bridgehead atoms. The lowest BCUT2D eigenvalue weighted by Crippen LogP contribution is -2.14. The SMILES string of the molecule is COc1ccc(NC(=O)/C(C#N)=C\Nc2ccc(Br)cc2C)cc1OC. The summed E-state index contributed by atoms with van der Waals surface area (Å²) in [5.41, 5.74) is 2.23. The van der Waals surface area contributed by atoms with E-state index in [0.29, 0.717) is 17.2 Å². The zero-order chi connectivity index (χ0) is 19.1. The second-order valence-electron chi connectivity index (χ2n) is 5.30. The average molecular weight is 416 g/mol. The number of rotatable bonds is 6. The molecule has 0 radical (unpaired) electrons. The van der Waals surface area contributed by atoms with Gasteiger partial charge in [0.25, 0.3) is 5.91 Å². The minimum absolute atomic E-state index is 0.0536. The van der Waals surface area contributed by atoms with Crippen LogP contribution < -0.4 is 20.1 Å². The van der Waals surface area contributed by atoms with Crippen molar-refractivity contribution in [1.82, 2.24) is 0 Å². The Hall–Kier alpha value is -2.98. The van der Waals surface area contributed by atoms with Gasteiger partial charge in [-0.25, -0.2) is 0 Å². The number of methoxy groups -OCH3 is 2. The highest BCUT2D eigenvalue weighted by Gasteiger charge is 2.12. The van der Waals surface area contributed by atoms with Crippen LogP contribution in [0.25, 0.3) is 0 Å². The number of hydrogen-bond donors (Lipinski definition) is 2. The molecular formula is C19H18BrN3O3. The van der Waals surface area contributed by atoms with Crippen LogP contribution in [0.5, 0.6) is 11.5 Å². The van der Waals surface area contributed by atoms with Crippen LogP contribution >= 0.6 is 15.9 Å². The predicted molar refractivity (Wildman–Crippen MR) is 104 cm³/mol. The molecule has 0 aliphatic rings. The third kappa shape index (κ3) is 4.77. The van der Waals surface area contributed by atoms with Gasteiger partial charge in [-0.15, -0.1) is 0 Å². The summed E-state index contributed by atoms with van der Waals surface area (Å²) >= 11 is 3.39. The number of ether oxygens (including phenoxy) is 2. The summed E-state index contributed by atoms with van der Waals surface area (Å²) in [6, 6.07) is 12.5. The normalized spacial score (nSPS) is 10.7. The Balaban J connectivity index is 2.14. The number of halogens is 1. The Morgan fingerprint density at radius 1 is 1.15 bits per heavy atom. The van der Waals surface area contributed by atoms with E-state index in [-0.39, 0.29) is 5.57 Å². The maximum atomic E-state index is 12.3. The maximum Gasteiger partial charge on any atom is 0.267 e. The number of carbonyl (C=O) groups excluding carboxylic acids is 1. The van der Waals surface area contributed by atoms with E-state index >= 15 is 0 Å². The van der Waals surface area contributed by atoms with Crippen molar-refractivity contribution < 1.29 is 14.3 Å². The van der Waals surface area contributed by atoms with E-state index in [9.17, 15) is 10.1 Å². The van der Waals surface area contributed by atoms with Crippen molar-refractivity contribution in [2.24, 2.45) is 0 Å². The van der Waals surface area contributed by atoms with Crippen molar-refractivity contribution in [3.8, 4) is 17.6 Å². The monoisotopic (exact) mass is 415 g/mol. The standard InChI is InChI=1S/C19H18BrN3O3/c1-12-8-14(20)4-6-16(12)22-11-13(10-21)19(24)23-15-5-7-17(25-2)18(9-15)26-3/h4-9,11,22H,1-3H3,(H,23,24)/b13-11-. The fourth-order valence-electron chi connectivity index (χ4n) is 2.20. The molecule has 2 rings (SSSR count). The average Bonchev–Trinajstić information content (AvgIpc) is 2.63. The third-order valence-corrected chi connectivity index (χ3v) is 4.06. The number of anilines is 2. The number of hydrogen-bond acceptors (Lipinski definition) is 5. The molecule has 0 heterocycles. The van der Waals surface area contributed by atoms with Crippen LogP contribution in [-0.2, 0) is 4.79 Å². The summed E-state index contributed by atoms with van der Waals surface area (Å²) < 4.78 is 11.3. The highest BCUT2D eigenvalue weighted by Crippen LogP contribution is 2.29. The first kappa shape index (κ1) is 19.3. The second kappa shape index (κ2) is 8.92. The zero-order valence-electron chi connectivity index (χ0n) is 14.6. The second-order valence-corrected chi connectivity index (χ2v) is 6.21. The van der Waals surface area contributed by atoms with Gasteiger partial charge in [0.1, 0.15) is 11.6 Å². The maximum absolute atomic E-state index is 12.3. The summed E-state index contributed by atoms with van der Waals surface area (Å²) in [4.78, 5) is 12.3. The van der Waals surface area contributed by atoms with Crippen LogP contribution in [0.2, 0.25) is 0 Å². The highest BCUT2D eigenvalue weighted by atomic mass is 79.9. The summed E-state index contributed by atoms with van der Waals surface area (Å²) in [6.45, 7) is 1.93. The number of amides is 1. The predicted octanol–water partition coefficient (Wildman–Crippen LogP) is 4.23. The van der Waals surface area contributed by atoms with Crippen LogP contribution in [-0.4, -0.2) is 20.1 Å². The molecule has 26 heavy (non-hydrogen) atoms. The molecule has 0 unspecified atom stereocenters. The molecule has 0 saturated heterocycles. The zero-order valence-corrected chi connectivity index (χ0v) is 16.2. The Morgan fingerprint density at radius 2 is 1.88 bits per heavy atom. The van der Waals surface area contributed by atoms with Crippen molar-refractivity contribution >= 4 is 33.2 Å². The van der Waals surface area contributed by atoms with Crippen molar-refractivity contribution in [1.29, 1.82) is 5.26 Å². The van der Waals surface area contributed by atoms with Gasteiger partial charge in [-0.1, -0.05) is 15.9 Å². The lowest BCUT2D eigenvalue weighted by Gasteiger charge is -2.10. The van der Waals surface area contributed by atoms with Gasteiger partial charge in [0.2, 0.25) is 0 Å². The van der Waals surface area contributed by atoms with E-state index in [1.807, 2.05) is 31.2 Å². The largest absolute Gasteiger partial charge is 0.493 e. The van der Waals surface area contributed by atoms with Gasteiger partial charge < -0.3 is 20.1 Å². The fourth-order valence-corrected chi connectivity index (χ4v) is 2.68. The van der Waals surface area contributed by atoms with Crippen molar-refractivity contribution in [3.63, 3.8) is 0 Å². The molecule has 0 saturated carbocycles. The van der Waals surface area contributed by atoms with E-state index in [0.717, 1.165) is 15.7 Å². The van der Waals surface area contributed by atoms with Crippen molar-refractivity contribution in [2.75, 3.05) is 24.9 Å². The summed E-state index contributed by atoms with van der Waals surface area (Å²) in [5.74, 6) is 0.507. The quantitative estimate of drug-likeness (QED) is 0.544. The van der Waals surface area contributed by atoms with Gasteiger partial charge in [-0.05, 0) is 42.8 Å². The number of nitrogens with one attached hydrogen (secondary N) is 2. The molecule has 6 nitrogen and oxygen atoms in total. The van der Waals surface area contributed by atoms with Gasteiger partial charge >= 0.3 is 0 Å². The van der Waals surface area contributed by atoms with Crippen LogP contribution in [0.3, 0.4) is 0 Å². The highest BCUT2D eigenvalue weighted by molar-refractivity contribution is 9.10. The van der Waals surface area contributed by atoms with Crippen LogP contribution in [0.15, 0.2) is 52.6 Å². The molecule has 0 fully saturated rings. The smallest absolute Gasteiger partial charge is 0.267 e. The van der Waals surface area contributed by atoms with E-state index in [1.165, 1.54) is 20.4 Å². The molecule has 2 aromatic rings. The Labute approximate surface area is 160 Å². The van der Waals surface area contributed by atoms with Gasteiger partial charge in [0, 0.05) is 28.1 Å². The molecule has 7 heteroatoms. The first-order valence-electron chi connectivity index (χ1n) is 7.64. The van der Waals surface area contributed by atoms with Gasteiger partial charge in [-0.2, -0.15) is 5.26 Å². The molecule has 134 valence electrons. The van der Waals surface area contributed by atoms with E-state index in [4.69, 9.17) is 9.47 Å². The molecule has 1 amide bonds. The Bertz CT molecular complexity index is 888. The van der Waals surface area contributed by atoms with Gasteiger partial charge in [-0.3, -0.25) is 4.79 Å². The lowest BCUT2D eigenvalue weighted by molar-refractivity contribution is -0.112. The first-order valence-corrected chi connectivity index (χ1v) is 8.44. The molecular weight excluding hydrogens is 398 g/mol. The van der Waals surface area contributed by atoms with Crippen LogP contribution in [0, 0.1) is 18.3 Å². The number of aryl methyl sites for hydroxylation is 1. The topological polar surface area (TPSA) is 83.4 Å². The molecule has 0 spiro atoms. The Morgan fingerprint density at radius 3 is 2.50 bits per heavy atom. The van der Waals surface area contributed by atoms with E-state index in [2.05, 4.69) is 26.6 Å². The van der Waals surface area contributed by atoms with E-state index < -0.39 is 5.91 Å². The fraction of sp³-hybridized carbons (Fsp3) is 0.158. The van der Waals surface area contributed by atoms with Crippen LogP contribution in [0.4, 0.5) is 11.4 Å². The summed E-state index contributed by atoms with van der Waals surface area (Å²) in [5, 5.41) is 14.9. The molecule has 0 aromatic heterocycles. The number of benzene rings is 2. The summed E-state index contributed by atoms with van der Waals surface area (Å²) in [6.07, 6.45) is 1.38. The molecule has 2 N–H and O–H groups in total. The minimum Gasteiger partial charge on any atom is -0.493 e. The van der Waals surface area contributed by atoms with Crippen molar-refractivity contribution in [3.05, 3.63) is 58.2 Å². The first-order chi connectivity index (χ1) is 12.5. The van der Waals surface area contributed by atoms with Gasteiger partial charge in [0.05, 0.1) is 14.2 Å². The molecule has 0 aliphatic carbocycles. The Kier molecular flexibility index (Phi) is 6.64. The number of nitrogens with zero attached hydrogens (tertiary/aromatic N) is 1. The van der Waals surface area contributed by atoms with Crippen LogP contribution in [0.1, 0.15) is 5.56 Å². The molecule has 0 atom stereocenters.